The average molecular weight is 518 g/mol. The van der Waals surface area contributed by atoms with Gasteiger partial charge >= 0.3 is 12.1 Å². The van der Waals surface area contributed by atoms with Crippen molar-refractivity contribution in [2.45, 2.75) is 45.0 Å². The number of pyridine rings is 1. The molecular weight excluding hydrogens is 494 g/mol. The molecule has 0 unspecified atom stereocenters. The van der Waals surface area contributed by atoms with E-state index in [0.717, 1.165) is 12.3 Å². The summed E-state index contributed by atoms with van der Waals surface area (Å²) in [7, 11) is 0. The predicted molar refractivity (Wildman–Crippen MR) is 123 cm³/mol. The summed E-state index contributed by atoms with van der Waals surface area (Å²) in [5.74, 6) is -0.940. The van der Waals surface area contributed by atoms with E-state index in [9.17, 15) is 22.8 Å². The number of anilines is 1. The first-order valence-corrected chi connectivity index (χ1v) is 11.5. The average Bonchev–Trinajstić information content (AvgIpc) is 2.78. The van der Waals surface area contributed by atoms with Crippen molar-refractivity contribution < 1.29 is 27.5 Å². The third kappa shape index (κ3) is 6.54. The molecule has 0 saturated carbocycles. The van der Waals surface area contributed by atoms with E-state index >= 15 is 0 Å². The number of ether oxygens (including phenoxy) is 1. The molecule has 2 aromatic rings. The van der Waals surface area contributed by atoms with Gasteiger partial charge in [-0.15, -0.1) is 0 Å². The number of piperidine rings is 1. The second-order valence-corrected chi connectivity index (χ2v) is 8.98. The van der Waals surface area contributed by atoms with E-state index in [1.807, 2.05) is 4.90 Å². The Morgan fingerprint density at radius 1 is 1.15 bits per heavy atom. The van der Waals surface area contributed by atoms with E-state index in [-0.39, 0.29) is 0 Å². The van der Waals surface area contributed by atoms with Crippen molar-refractivity contribution in [1.29, 1.82) is 0 Å². The van der Waals surface area contributed by atoms with Crippen molar-refractivity contribution in [3.05, 3.63) is 57.7 Å². The zero-order chi connectivity index (χ0) is 25.0. The van der Waals surface area contributed by atoms with Crippen molar-refractivity contribution in [2.24, 2.45) is 5.92 Å². The number of amides is 1. The largest absolute Gasteiger partial charge is 0.452 e. The van der Waals surface area contributed by atoms with E-state index < -0.39 is 41.7 Å². The number of benzene rings is 1. The lowest BCUT2D eigenvalue weighted by Crippen LogP contribution is -2.41. The monoisotopic (exact) mass is 517 g/mol. The molecule has 1 fully saturated rings. The molecule has 3 rings (SSSR count). The Morgan fingerprint density at radius 3 is 2.38 bits per heavy atom. The molecule has 34 heavy (non-hydrogen) atoms. The van der Waals surface area contributed by atoms with Gasteiger partial charge < -0.3 is 15.0 Å². The van der Waals surface area contributed by atoms with E-state index in [0.29, 0.717) is 47.4 Å². The maximum atomic E-state index is 12.7. The molecule has 1 aromatic carbocycles. The number of nitrogens with one attached hydrogen (secondary N) is 1. The van der Waals surface area contributed by atoms with Crippen LogP contribution in [0.2, 0.25) is 10.0 Å². The minimum absolute atomic E-state index is 0.413. The summed E-state index contributed by atoms with van der Waals surface area (Å²) in [6, 6.07) is 6.85. The van der Waals surface area contributed by atoms with Gasteiger partial charge in [0.15, 0.2) is 6.10 Å². The van der Waals surface area contributed by atoms with Gasteiger partial charge in [-0.3, -0.25) is 9.59 Å². The number of rotatable bonds is 6. The molecule has 6 nitrogen and oxygen atoms in total. The zero-order valence-electron chi connectivity index (χ0n) is 18.5. The number of carbonyl (C=O) groups is 2. The second kappa shape index (κ2) is 10.8. The van der Waals surface area contributed by atoms with Crippen LogP contribution in [0.4, 0.5) is 19.0 Å². The molecule has 0 spiro atoms. The molecule has 11 heteroatoms. The minimum Gasteiger partial charge on any atom is -0.452 e. The molecule has 0 radical (unpaired) electrons. The summed E-state index contributed by atoms with van der Waals surface area (Å²) in [5.41, 5.74) is -0.128. The van der Waals surface area contributed by atoms with Crippen LogP contribution in [-0.4, -0.2) is 36.1 Å². The maximum absolute atomic E-state index is 12.7. The van der Waals surface area contributed by atoms with Crippen LogP contribution >= 0.6 is 23.2 Å². The van der Waals surface area contributed by atoms with Crippen LogP contribution in [0.15, 0.2) is 36.5 Å². The Bertz CT molecular complexity index is 1030. The van der Waals surface area contributed by atoms with E-state index in [4.69, 9.17) is 27.9 Å². The van der Waals surface area contributed by atoms with Gasteiger partial charge in [0.1, 0.15) is 5.82 Å². The summed E-state index contributed by atoms with van der Waals surface area (Å²) in [6.45, 7) is 4.12. The van der Waals surface area contributed by atoms with Gasteiger partial charge in [0, 0.05) is 29.3 Å². The summed E-state index contributed by atoms with van der Waals surface area (Å²) in [5, 5.41) is 3.67. The molecule has 1 N–H and O–H groups in total. The molecule has 2 heterocycles. The molecule has 2 atom stereocenters. The quantitative estimate of drug-likeness (QED) is 0.517. The van der Waals surface area contributed by atoms with Crippen LogP contribution < -0.4 is 10.2 Å². The Morgan fingerprint density at radius 2 is 1.82 bits per heavy atom. The standard InChI is InChI=1S/C23H24Cl2F3N3O3/c1-13(18-5-4-17(24)11-19(18)25)30-21(32)14(2)34-22(33)15-7-9-31(10-8-15)20-6-3-16(12-29-20)23(26,27)28/h3-6,11-15H,7-10H2,1-2H3,(H,30,32)/t13-,14+/m0/s1. The first-order chi connectivity index (χ1) is 16.0. The molecule has 1 aliphatic heterocycles. The number of hydrogen-bond acceptors (Lipinski definition) is 5. The van der Waals surface area contributed by atoms with Crippen molar-refractivity contribution in [3.8, 4) is 0 Å². The maximum Gasteiger partial charge on any atom is 0.417 e. The van der Waals surface area contributed by atoms with Crippen molar-refractivity contribution >= 4 is 40.9 Å². The highest BCUT2D eigenvalue weighted by atomic mass is 35.5. The van der Waals surface area contributed by atoms with Crippen molar-refractivity contribution in [1.82, 2.24) is 10.3 Å². The van der Waals surface area contributed by atoms with Crippen LogP contribution in [-0.2, 0) is 20.5 Å². The Labute approximate surface area is 205 Å². The number of aromatic nitrogens is 1. The fourth-order valence-electron chi connectivity index (χ4n) is 3.67. The van der Waals surface area contributed by atoms with Crippen molar-refractivity contribution in [3.63, 3.8) is 0 Å². The number of alkyl halides is 3. The molecule has 184 valence electrons. The predicted octanol–water partition coefficient (Wildman–Crippen LogP) is 5.43. The van der Waals surface area contributed by atoms with Crippen LogP contribution in [0.25, 0.3) is 0 Å². The van der Waals surface area contributed by atoms with Crippen molar-refractivity contribution in [2.75, 3.05) is 18.0 Å². The molecule has 1 amide bonds. The number of hydrogen-bond donors (Lipinski definition) is 1. The highest BCUT2D eigenvalue weighted by Crippen LogP contribution is 2.30. The molecular formula is C23H24Cl2F3N3O3. The van der Waals surface area contributed by atoms with Gasteiger partial charge in [-0.2, -0.15) is 13.2 Å². The normalized spacial score (nSPS) is 16.6. The summed E-state index contributed by atoms with van der Waals surface area (Å²) in [4.78, 5) is 30.8. The van der Waals surface area contributed by atoms with Gasteiger partial charge in [0.05, 0.1) is 17.5 Å². The number of esters is 1. The first kappa shape index (κ1) is 26.1. The Balaban J connectivity index is 1.49. The molecule has 1 aromatic heterocycles. The lowest BCUT2D eigenvalue weighted by atomic mass is 9.97. The molecule has 0 aliphatic carbocycles. The summed E-state index contributed by atoms with van der Waals surface area (Å²) in [6.07, 6.45) is -3.77. The second-order valence-electron chi connectivity index (χ2n) is 8.14. The smallest absolute Gasteiger partial charge is 0.417 e. The highest BCUT2D eigenvalue weighted by Gasteiger charge is 2.32. The van der Waals surface area contributed by atoms with Crippen LogP contribution in [0.3, 0.4) is 0 Å². The molecule has 1 saturated heterocycles. The van der Waals surface area contributed by atoms with Gasteiger partial charge in [-0.05, 0) is 56.5 Å². The van der Waals surface area contributed by atoms with Crippen LogP contribution in [0, 0.1) is 5.92 Å². The first-order valence-electron chi connectivity index (χ1n) is 10.7. The lowest BCUT2D eigenvalue weighted by molar-refractivity contribution is -0.159. The zero-order valence-corrected chi connectivity index (χ0v) is 20.0. The number of halogens is 5. The van der Waals surface area contributed by atoms with Crippen LogP contribution in [0.1, 0.15) is 43.9 Å². The van der Waals surface area contributed by atoms with Gasteiger partial charge in [-0.1, -0.05) is 29.3 Å². The summed E-state index contributed by atoms with van der Waals surface area (Å²) >= 11 is 12.1. The molecule has 1 aliphatic rings. The van der Waals surface area contributed by atoms with Crippen LogP contribution in [0.5, 0.6) is 0 Å². The highest BCUT2D eigenvalue weighted by molar-refractivity contribution is 6.35. The Hall–Kier alpha value is -2.52. The summed E-state index contributed by atoms with van der Waals surface area (Å²) < 4.78 is 43.5. The number of carbonyl (C=O) groups excluding carboxylic acids is 2. The topological polar surface area (TPSA) is 71.5 Å². The fraction of sp³-hybridized carbons (Fsp3) is 0.435. The van der Waals surface area contributed by atoms with Gasteiger partial charge in [-0.25, -0.2) is 4.98 Å². The SMILES string of the molecule is C[C@H](NC(=O)[C@@H](C)OC(=O)C1CCN(c2ccc(C(F)(F)F)cn2)CC1)c1ccc(Cl)cc1Cl. The fourth-order valence-corrected chi connectivity index (χ4v) is 4.24. The lowest BCUT2D eigenvalue weighted by Gasteiger charge is -2.32. The third-order valence-corrected chi connectivity index (χ3v) is 6.24. The molecule has 0 bridgehead atoms. The van der Waals surface area contributed by atoms with E-state index in [1.54, 1.807) is 25.1 Å². The van der Waals surface area contributed by atoms with Gasteiger partial charge in [0.2, 0.25) is 0 Å². The van der Waals surface area contributed by atoms with Gasteiger partial charge in [0.25, 0.3) is 5.91 Å². The van der Waals surface area contributed by atoms with E-state index in [1.165, 1.54) is 13.0 Å². The number of nitrogens with zero attached hydrogens (tertiary/aromatic N) is 2. The third-order valence-electron chi connectivity index (χ3n) is 5.68. The van der Waals surface area contributed by atoms with E-state index in [2.05, 4.69) is 10.3 Å². The Kier molecular flexibility index (Phi) is 8.30. The minimum atomic E-state index is -4.44.